The first-order chi connectivity index (χ1) is 10.6. The van der Waals surface area contributed by atoms with E-state index in [0.717, 1.165) is 35.7 Å². The van der Waals surface area contributed by atoms with Crippen LogP contribution in [0, 0.1) is 6.92 Å². The number of hydrogen-bond donors (Lipinski definition) is 1. The maximum atomic E-state index is 9.61. The van der Waals surface area contributed by atoms with E-state index < -0.39 is 0 Å². The van der Waals surface area contributed by atoms with E-state index >= 15 is 0 Å². The van der Waals surface area contributed by atoms with Crippen molar-refractivity contribution < 1.29 is 14.6 Å². The van der Waals surface area contributed by atoms with Crippen LogP contribution in [0.4, 0.5) is 5.69 Å². The molecule has 22 heavy (non-hydrogen) atoms. The van der Waals surface area contributed by atoms with Crippen LogP contribution < -0.4 is 14.4 Å². The first kappa shape index (κ1) is 14.6. The number of phenolic OH excluding ortho intramolecular Hbond substituents is 1. The number of ether oxygens (including phenoxy) is 2. The molecule has 116 valence electrons. The Bertz CT molecular complexity index is 684. The molecule has 1 aliphatic rings. The van der Waals surface area contributed by atoms with Crippen LogP contribution in [-0.4, -0.2) is 31.9 Å². The SMILES string of the molecule is COc1ccc(C)cc1CC1CN(C)c2cc(O)ccc2O1. The summed E-state index contributed by atoms with van der Waals surface area (Å²) in [4.78, 5) is 2.12. The average Bonchev–Trinajstić information content (AvgIpc) is 2.48. The molecule has 0 aliphatic carbocycles. The molecule has 0 amide bonds. The molecule has 0 saturated carbocycles. The Kier molecular flexibility index (Phi) is 3.84. The largest absolute Gasteiger partial charge is 0.508 e. The first-order valence-electron chi connectivity index (χ1n) is 7.41. The third kappa shape index (κ3) is 2.82. The summed E-state index contributed by atoms with van der Waals surface area (Å²) in [6.07, 6.45) is 0.841. The van der Waals surface area contributed by atoms with Gasteiger partial charge in [-0.1, -0.05) is 17.7 Å². The summed E-state index contributed by atoms with van der Waals surface area (Å²) in [5, 5.41) is 9.61. The molecule has 0 radical (unpaired) electrons. The number of phenols is 1. The van der Waals surface area contributed by atoms with Crippen molar-refractivity contribution in [1.29, 1.82) is 0 Å². The van der Waals surface area contributed by atoms with Crippen molar-refractivity contribution in [2.45, 2.75) is 19.4 Å². The highest BCUT2D eigenvalue weighted by Gasteiger charge is 2.25. The summed E-state index contributed by atoms with van der Waals surface area (Å²) in [6, 6.07) is 11.4. The van der Waals surface area contributed by atoms with Gasteiger partial charge in [0, 0.05) is 19.5 Å². The molecule has 1 heterocycles. The van der Waals surface area contributed by atoms with Gasteiger partial charge in [0.1, 0.15) is 23.4 Å². The Balaban J connectivity index is 1.83. The lowest BCUT2D eigenvalue weighted by atomic mass is 10.0. The standard InChI is InChI=1S/C18H21NO3/c1-12-4-6-17(21-3)13(8-12)9-15-11-19(2)16-10-14(20)5-7-18(16)22-15/h4-8,10,15,20H,9,11H2,1-3H3. The fourth-order valence-corrected chi connectivity index (χ4v) is 2.94. The second-order valence-electron chi connectivity index (χ2n) is 5.79. The number of aryl methyl sites for hydroxylation is 1. The number of aromatic hydroxyl groups is 1. The molecule has 0 aromatic heterocycles. The van der Waals surface area contributed by atoms with Crippen LogP contribution in [0.5, 0.6) is 17.2 Å². The molecule has 4 heteroatoms. The number of nitrogens with zero attached hydrogens (tertiary/aromatic N) is 1. The minimum atomic E-state index is 0.0535. The smallest absolute Gasteiger partial charge is 0.143 e. The zero-order valence-electron chi connectivity index (χ0n) is 13.2. The number of methoxy groups -OCH3 is 1. The van der Waals surface area contributed by atoms with Crippen molar-refractivity contribution in [2.24, 2.45) is 0 Å². The van der Waals surface area contributed by atoms with Gasteiger partial charge >= 0.3 is 0 Å². The molecule has 1 aliphatic heterocycles. The minimum absolute atomic E-state index is 0.0535. The van der Waals surface area contributed by atoms with Gasteiger partial charge in [-0.25, -0.2) is 0 Å². The van der Waals surface area contributed by atoms with Gasteiger partial charge in [-0.15, -0.1) is 0 Å². The number of rotatable bonds is 3. The summed E-state index contributed by atoms with van der Waals surface area (Å²) >= 11 is 0. The minimum Gasteiger partial charge on any atom is -0.508 e. The number of anilines is 1. The second-order valence-corrected chi connectivity index (χ2v) is 5.79. The summed E-state index contributed by atoms with van der Waals surface area (Å²) in [7, 11) is 3.71. The summed E-state index contributed by atoms with van der Waals surface area (Å²) < 4.78 is 11.5. The molecule has 4 nitrogen and oxygen atoms in total. The van der Waals surface area contributed by atoms with Crippen LogP contribution in [0.2, 0.25) is 0 Å². The molecular weight excluding hydrogens is 278 g/mol. The van der Waals surface area contributed by atoms with Crippen molar-refractivity contribution in [2.75, 3.05) is 25.6 Å². The van der Waals surface area contributed by atoms with E-state index in [2.05, 4.69) is 17.9 Å². The number of benzene rings is 2. The van der Waals surface area contributed by atoms with E-state index in [1.807, 2.05) is 25.2 Å². The van der Waals surface area contributed by atoms with Gasteiger partial charge in [0.25, 0.3) is 0 Å². The van der Waals surface area contributed by atoms with E-state index in [0.29, 0.717) is 0 Å². The van der Waals surface area contributed by atoms with Crippen molar-refractivity contribution in [3.8, 4) is 17.2 Å². The van der Waals surface area contributed by atoms with Crippen molar-refractivity contribution in [1.82, 2.24) is 0 Å². The van der Waals surface area contributed by atoms with Gasteiger partial charge in [-0.05, 0) is 30.7 Å². The van der Waals surface area contributed by atoms with Gasteiger partial charge < -0.3 is 19.5 Å². The average molecular weight is 299 g/mol. The molecule has 3 rings (SSSR count). The van der Waals surface area contributed by atoms with Gasteiger partial charge in [0.15, 0.2) is 0 Å². The molecule has 1 N–H and O–H groups in total. The highest BCUT2D eigenvalue weighted by molar-refractivity contribution is 5.62. The Morgan fingerprint density at radius 3 is 2.86 bits per heavy atom. The topological polar surface area (TPSA) is 41.9 Å². The third-order valence-corrected chi connectivity index (χ3v) is 4.01. The summed E-state index contributed by atoms with van der Waals surface area (Å²) in [6.45, 7) is 2.85. The number of fused-ring (bicyclic) bond motifs is 1. The van der Waals surface area contributed by atoms with Gasteiger partial charge in [0.05, 0.1) is 19.3 Å². The molecule has 2 aromatic carbocycles. The lowest BCUT2D eigenvalue weighted by molar-refractivity contribution is 0.194. The third-order valence-electron chi connectivity index (χ3n) is 4.01. The van der Waals surface area contributed by atoms with Crippen molar-refractivity contribution in [3.05, 3.63) is 47.5 Å². The van der Waals surface area contributed by atoms with Gasteiger partial charge in [-0.2, -0.15) is 0 Å². The molecule has 0 bridgehead atoms. The molecule has 0 fully saturated rings. The Hall–Kier alpha value is -2.36. The van der Waals surface area contributed by atoms with E-state index in [4.69, 9.17) is 9.47 Å². The Morgan fingerprint density at radius 1 is 1.27 bits per heavy atom. The quantitative estimate of drug-likeness (QED) is 0.945. The van der Waals surface area contributed by atoms with E-state index in [1.54, 1.807) is 19.2 Å². The molecule has 0 saturated heterocycles. The maximum Gasteiger partial charge on any atom is 0.143 e. The van der Waals surface area contributed by atoms with Crippen LogP contribution in [-0.2, 0) is 6.42 Å². The Labute approximate surface area is 130 Å². The van der Waals surface area contributed by atoms with E-state index in [1.165, 1.54) is 5.56 Å². The molecule has 1 atom stereocenters. The Morgan fingerprint density at radius 2 is 2.09 bits per heavy atom. The van der Waals surface area contributed by atoms with E-state index in [9.17, 15) is 5.11 Å². The molecule has 2 aromatic rings. The normalized spacial score (nSPS) is 16.9. The first-order valence-corrected chi connectivity index (χ1v) is 7.41. The lowest BCUT2D eigenvalue weighted by Gasteiger charge is -2.34. The molecular formula is C18H21NO3. The van der Waals surface area contributed by atoms with Crippen LogP contribution in [0.25, 0.3) is 0 Å². The predicted molar refractivity (Wildman–Crippen MR) is 87.2 cm³/mol. The van der Waals surface area contributed by atoms with Gasteiger partial charge in [0.2, 0.25) is 0 Å². The lowest BCUT2D eigenvalue weighted by Crippen LogP contribution is -2.39. The maximum absolute atomic E-state index is 9.61. The van der Waals surface area contributed by atoms with Crippen LogP contribution in [0.3, 0.4) is 0 Å². The predicted octanol–water partition coefficient (Wildman–Crippen LogP) is 3.15. The highest BCUT2D eigenvalue weighted by atomic mass is 16.5. The zero-order chi connectivity index (χ0) is 15.7. The summed E-state index contributed by atoms with van der Waals surface area (Å²) in [5.74, 6) is 1.96. The van der Waals surface area contributed by atoms with Crippen molar-refractivity contribution in [3.63, 3.8) is 0 Å². The molecule has 1 unspecified atom stereocenters. The highest BCUT2D eigenvalue weighted by Crippen LogP contribution is 2.36. The fraction of sp³-hybridized carbons (Fsp3) is 0.333. The monoisotopic (exact) mass is 299 g/mol. The number of likely N-dealkylation sites (N-methyl/N-ethyl adjacent to an activating group) is 1. The van der Waals surface area contributed by atoms with Crippen LogP contribution in [0.15, 0.2) is 36.4 Å². The van der Waals surface area contributed by atoms with Crippen molar-refractivity contribution >= 4 is 5.69 Å². The molecule has 0 spiro atoms. The second kappa shape index (κ2) is 5.79. The summed E-state index contributed by atoms with van der Waals surface area (Å²) in [5.41, 5.74) is 3.29. The fourth-order valence-electron chi connectivity index (χ4n) is 2.94. The number of hydrogen-bond acceptors (Lipinski definition) is 4. The zero-order valence-corrected chi connectivity index (χ0v) is 13.2. The van der Waals surface area contributed by atoms with E-state index in [-0.39, 0.29) is 11.9 Å². The van der Waals surface area contributed by atoms with Crippen LogP contribution >= 0.6 is 0 Å². The van der Waals surface area contributed by atoms with Crippen LogP contribution in [0.1, 0.15) is 11.1 Å². The van der Waals surface area contributed by atoms with Gasteiger partial charge in [-0.3, -0.25) is 0 Å².